The van der Waals surface area contributed by atoms with Gasteiger partial charge < -0.3 is 9.30 Å². The third kappa shape index (κ3) is 4.51. The van der Waals surface area contributed by atoms with Crippen molar-refractivity contribution in [1.29, 1.82) is 0 Å². The molecule has 0 saturated heterocycles. The van der Waals surface area contributed by atoms with E-state index >= 15 is 0 Å². The van der Waals surface area contributed by atoms with Gasteiger partial charge in [-0.25, -0.2) is 0 Å². The zero-order chi connectivity index (χ0) is 17.6. The molecule has 0 bridgehead atoms. The normalized spacial score (nSPS) is 10.4. The SMILES string of the molecule is O=C(COc1ccc(Cl)cc1)NNC(=O)Cn1ccc2ccccc21. The molecule has 0 aliphatic rings. The molecule has 25 heavy (non-hydrogen) atoms. The van der Waals surface area contributed by atoms with E-state index < -0.39 is 5.91 Å². The van der Waals surface area contributed by atoms with E-state index in [1.165, 1.54) is 0 Å². The van der Waals surface area contributed by atoms with Crippen molar-refractivity contribution in [2.45, 2.75) is 6.54 Å². The second-order valence-electron chi connectivity index (χ2n) is 5.34. The molecule has 3 rings (SSSR count). The number of halogens is 1. The van der Waals surface area contributed by atoms with Crippen LogP contribution in [0.2, 0.25) is 5.02 Å². The van der Waals surface area contributed by atoms with Crippen LogP contribution < -0.4 is 15.6 Å². The molecule has 2 N–H and O–H groups in total. The number of hydrogen-bond acceptors (Lipinski definition) is 3. The number of fused-ring (bicyclic) bond motifs is 1. The fraction of sp³-hybridized carbons (Fsp3) is 0.111. The number of rotatable bonds is 5. The van der Waals surface area contributed by atoms with Gasteiger partial charge in [-0.05, 0) is 41.8 Å². The Kier molecular flexibility index (Phi) is 5.20. The molecule has 0 saturated carbocycles. The number of ether oxygens (including phenoxy) is 1. The molecule has 0 aliphatic heterocycles. The summed E-state index contributed by atoms with van der Waals surface area (Å²) in [6.07, 6.45) is 1.83. The molecule has 2 amide bonds. The summed E-state index contributed by atoms with van der Waals surface area (Å²) in [6.45, 7) is -0.111. The van der Waals surface area contributed by atoms with Crippen molar-refractivity contribution in [3.8, 4) is 5.75 Å². The van der Waals surface area contributed by atoms with Gasteiger partial charge in [0.25, 0.3) is 11.8 Å². The summed E-state index contributed by atoms with van der Waals surface area (Å²) >= 11 is 5.77. The van der Waals surface area contributed by atoms with E-state index in [9.17, 15) is 9.59 Å². The Morgan fingerprint density at radius 2 is 1.68 bits per heavy atom. The minimum Gasteiger partial charge on any atom is -0.484 e. The zero-order valence-electron chi connectivity index (χ0n) is 13.2. The van der Waals surface area contributed by atoms with Crippen molar-refractivity contribution in [3.05, 3.63) is 65.8 Å². The Hall–Kier alpha value is -2.99. The molecule has 0 fully saturated rings. The van der Waals surface area contributed by atoms with Gasteiger partial charge in [0.15, 0.2) is 6.61 Å². The molecule has 1 heterocycles. The van der Waals surface area contributed by atoms with Crippen LogP contribution in [0.25, 0.3) is 10.9 Å². The third-order valence-electron chi connectivity index (χ3n) is 3.52. The minimum atomic E-state index is -0.458. The smallest absolute Gasteiger partial charge is 0.276 e. The van der Waals surface area contributed by atoms with Gasteiger partial charge >= 0.3 is 0 Å². The van der Waals surface area contributed by atoms with Crippen molar-refractivity contribution in [2.24, 2.45) is 0 Å². The molecule has 0 atom stereocenters. The average Bonchev–Trinajstić information content (AvgIpc) is 3.02. The van der Waals surface area contributed by atoms with E-state index in [0.29, 0.717) is 10.8 Å². The van der Waals surface area contributed by atoms with Crippen molar-refractivity contribution < 1.29 is 14.3 Å². The number of hydrazine groups is 1. The van der Waals surface area contributed by atoms with Crippen LogP contribution in [-0.2, 0) is 16.1 Å². The van der Waals surface area contributed by atoms with Gasteiger partial charge in [0.2, 0.25) is 0 Å². The van der Waals surface area contributed by atoms with Gasteiger partial charge in [-0.2, -0.15) is 0 Å². The lowest BCUT2D eigenvalue weighted by molar-refractivity contribution is -0.130. The van der Waals surface area contributed by atoms with E-state index in [1.54, 1.807) is 28.8 Å². The van der Waals surface area contributed by atoms with Gasteiger partial charge in [0, 0.05) is 16.7 Å². The number of nitrogens with zero attached hydrogens (tertiary/aromatic N) is 1. The van der Waals surface area contributed by atoms with Gasteiger partial charge in [-0.1, -0.05) is 29.8 Å². The first-order valence-corrected chi connectivity index (χ1v) is 7.99. The lowest BCUT2D eigenvalue weighted by atomic mass is 10.2. The van der Waals surface area contributed by atoms with Gasteiger partial charge in [-0.15, -0.1) is 0 Å². The topological polar surface area (TPSA) is 72.4 Å². The number of nitrogens with one attached hydrogen (secondary N) is 2. The lowest BCUT2D eigenvalue weighted by Gasteiger charge is -2.10. The second-order valence-corrected chi connectivity index (χ2v) is 5.78. The number of benzene rings is 2. The van der Waals surface area contributed by atoms with Crippen LogP contribution in [0, 0.1) is 0 Å². The first kappa shape index (κ1) is 16.9. The standard InChI is InChI=1S/C18H16ClN3O3/c19-14-5-7-15(8-6-14)25-12-18(24)21-20-17(23)11-22-10-9-13-3-1-2-4-16(13)22/h1-10H,11-12H2,(H,20,23)(H,21,24). The van der Waals surface area contributed by atoms with E-state index in [4.69, 9.17) is 16.3 Å². The minimum absolute atomic E-state index is 0.103. The molecular weight excluding hydrogens is 342 g/mol. The van der Waals surface area contributed by atoms with Crippen molar-refractivity contribution >= 4 is 34.3 Å². The summed E-state index contributed by atoms with van der Waals surface area (Å²) < 4.78 is 7.10. The number of para-hydroxylation sites is 1. The molecule has 2 aromatic carbocycles. The number of hydrogen-bond donors (Lipinski definition) is 2. The monoisotopic (exact) mass is 357 g/mol. The first-order valence-electron chi connectivity index (χ1n) is 7.62. The van der Waals surface area contributed by atoms with Gasteiger partial charge in [0.1, 0.15) is 12.3 Å². The molecule has 0 radical (unpaired) electrons. The molecule has 3 aromatic rings. The Morgan fingerprint density at radius 1 is 0.960 bits per heavy atom. The Labute approximate surface area is 149 Å². The van der Waals surface area contributed by atoms with Crippen LogP contribution in [-0.4, -0.2) is 23.0 Å². The lowest BCUT2D eigenvalue weighted by Crippen LogP contribution is -2.45. The van der Waals surface area contributed by atoms with Crippen molar-refractivity contribution in [2.75, 3.05) is 6.61 Å². The fourth-order valence-corrected chi connectivity index (χ4v) is 2.45. The molecule has 6 nitrogen and oxygen atoms in total. The summed E-state index contributed by atoms with van der Waals surface area (Å²) in [5.41, 5.74) is 5.65. The van der Waals surface area contributed by atoms with Crippen LogP contribution in [0.3, 0.4) is 0 Å². The third-order valence-corrected chi connectivity index (χ3v) is 3.77. The first-order chi connectivity index (χ1) is 12.1. The van der Waals surface area contributed by atoms with Crippen LogP contribution in [0.1, 0.15) is 0 Å². The molecule has 7 heteroatoms. The maximum Gasteiger partial charge on any atom is 0.276 e. The Balaban J connectivity index is 1.45. The highest BCUT2D eigenvalue weighted by Gasteiger charge is 2.08. The predicted molar refractivity (Wildman–Crippen MR) is 95.2 cm³/mol. The summed E-state index contributed by atoms with van der Waals surface area (Å²) in [5, 5.41) is 1.64. The van der Waals surface area contributed by atoms with E-state index in [-0.39, 0.29) is 19.1 Å². The van der Waals surface area contributed by atoms with Crippen LogP contribution in [0.15, 0.2) is 60.8 Å². The highest BCUT2D eigenvalue weighted by atomic mass is 35.5. The van der Waals surface area contributed by atoms with E-state index in [2.05, 4.69) is 10.9 Å². The van der Waals surface area contributed by atoms with Crippen molar-refractivity contribution in [3.63, 3.8) is 0 Å². The van der Waals surface area contributed by atoms with Crippen LogP contribution >= 0.6 is 11.6 Å². The summed E-state index contributed by atoms with van der Waals surface area (Å²) in [7, 11) is 0. The Morgan fingerprint density at radius 3 is 2.48 bits per heavy atom. The number of carbonyl (C=O) groups is 2. The summed E-state index contributed by atoms with van der Waals surface area (Å²) in [6, 6.07) is 16.3. The van der Waals surface area contributed by atoms with E-state index in [0.717, 1.165) is 10.9 Å². The largest absolute Gasteiger partial charge is 0.484 e. The number of aromatic nitrogens is 1. The van der Waals surface area contributed by atoms with Crippen LogP contribution in [0.5, 0.6) is 5.75 Å². The highest BCUT2D eigenvalue weighted by Crippen LogP contribution is 2.15. The summed E-state index contributed by atoms with van der Waals surface area (Å²) in [4.78, 5) is 23.7. The van der Waals surface area contributed by atoms with Crippen molar-refractivity contribution in [1.82, 2.24) is 15.4 Å². The zero-order valence-corrected chi connectivity index (χ0v) is 14.0. The maximum absolute atomic E-state index is 12.0. The number of carbonyl (C=O) groups excluding carboxylic acids is 2. The molecule has 1 aromatic heterocycles. The maximum atomic E-state index is 12.0. The molecule has 0 spiro atoms. The molecular formula is C18H16ClN3O3. The quantitative estimate of drug-likeness (QED) is 0.689. The Bertz CT molecular complexity index is 890. The average molecular weight is 358 g/mol. The molecule has 128 valence electrons. The van der Waals surface area contributed by atoms with Gasteiger partial charge in [-0.3, -0.25) is 20.4 Å². The number of amides is 2. The fourth-order valence-electron chi connectivity index (χ4n) is 2.33. The van der Waals surface area contributed by atoms with E-state index in [1.807, 2.05) is 36.5 Å². The molecule has 0 unspecified atom stereocenters. The highest BCUT2D eigenvalue weighted by molar-refractivity contribution is 6.30. The predicted octanol–water partition coefficient (Wildman–Crippen LogP) is 2.52. The van der Waals surface area contributed by atoms with Crippen LogP contribution in [0.4, 0.5) is 0 Å². The molecule has 0 aliphatic carbocycles. The summed E-state index contributed by atoms with van der Waals surface area (Å²) in [5.74, 6) is -0.272. The second kappa shape index (κ2) is 7.72. The van der Waals surface area contributed by atoms with Gasteiger partial charge in [0.05, 0.1) is 0 Å².